The Morgan fingerprint density at radius 1 is 1.16 bits per heavy atom. The van der Waals surface area contributed by atoms with Crippen molar-refractivity contribution < 1.29 is 26.7 Å². The van der Waals surface area contributed by atoms with E-state index in [9.17, 15) is 4.79 Å². The summed E-state index contributed by atoms with van der Waals surface area (Å²) in [5, 5.41) is 12.9. The Bertz CT molecular complexity index is 670. The Hall–Kier alpha value is -1.49. The Morgan fingerprint density at radius 3 is 2.64 bits per heavy atom. The van der Waals surface area contributed by atoms with Gasteiger partial charge in [-0.3, -0.25) is 0 Å². The molecule has 2 rings (SSSR count). The minimum Gasteiger partial charge on any atom is -1.00 e. The van der Waals surface area contributed by atoms with Gasteiger partial charge in [-0.15, -0.1) is 0 Å². The van der Waals surface area contributed by atoms with Crippen LogP contribution in [0.25, 0.3) is 11.3 Å². The van der Waals surface area contributed by atoms with Crippen LogP contribution >= 0.6 is 11.6 Å². The molecule has 0 aliphatic rings. The molecule has 1 aromatic carbocycles. The topological polar surface area (TPSA) is 62.5 Å². The second-order valence-electron chi connectivity index (χ2n) is 5.86. The average molecular weight is 385 g/mol. The number of carboxylic acids is 1. The van der Waals surface area contributed by atoms with E-state index in [0.717, 1.165) is 12.3 Å². The number of carbonyl (C=O) groups is 1. The number of hydrogen-bond acceptors (Lipinski definition) is 3. The summed E-state index contributed by atoms with van der Waals surface area (Å²) < 4.78 is 5.79. The maximum atomic E-state index is 11.1. The van der Waals surface area contributed by atoms with Crippen LogP contribution in [0, 0.1) is 0 Å². The van der Waals surface area contributed by atoms with E-state index in [0.29, 0.717) is 22.9 Å². The highest BCUT2D eigenvalue weighted by molar-refractivity contribution is 6.33. The van der Waals surface area contributed by atoms with Crippen LogP contribution in [-0.2, 0) is 6.54 Å². The third-order valence-electron chi connectivity index (χ3n) is 3.90. The van der Waals surface area contributed by atoms with Crippen LogP contribution in [-0.4, -0.2) is 17.6 Å². The first-order valence-corrected chi connectivity index (χ1v) is 8.82. The van der Waals surface area contributed by atoms with Gasteiger partial charge in [0.05, 0.1) is 17.1 Å². The lowest BCUT2D eigenvalue weighted by molar-refractivity contribution is -0.0000210. The quantitative estimate of drug-likeness (QED) is 0.617. The van der Waals surface area contributed by atoms with Gasteiger partial charge in [-0.25, -0.2) is 4.79 Å². The molecule has 25 heavy (non-hydrogen) atoms. The van der Waals surface area contributed by atoms with E-state index in [2.05, 4.69) is 12.2 Å². The van der Waals surface area contributed by atoms with Gasteiger partial charge < -0.3 is 27.2 Å². The molecule has 0 spiro atoms. The largest absolute Gasteiger partial charge is 1.00 e. The molecule has 138 valence electrons. The molecule has 0 unspecified atom stereocenters. The number of benzene rings is 1. The van der Waals surface area contributed by atoms with Gasteiger partial charge in [0.25, 0.3) is 0 Å². The van der Waals surface area contributed by atoms with Crippen molar-refractivity contribution in [2.45, 2.75) is 45.6 Å². The average Bonchev–Trinajstić information content (AvgIpc) is 3.03. The second-order valence-corrected chi connectivity index (χ2v) is 6.26. The summed E-state index contributed by atoms with van der Waals surface area (Å²) in [6, 6.07) is 8.32. The molecular weight excluding hydrogens is 361 g/mol. The van der Waals surface area contributed by atoms with Gasteiger partial charge in [-0.1, -0.05) is 44.2 Å². The van der Waals surface area contributed by atoms with Crippen LogP contribution in [0.4, 0.5) is 0 Å². The Kier molecular flexibility index (Phi) is 9.65. The van der Waals surface area contributed by atoms with E-state index in [1.807, 2.05) is 12.1 Å². The first kappa shape index (κ1) is 21.6. The van der Waals surface area contributed by atoms with Gasteiger partial charge in [-0.2, -0.15) is 0 Å². The van der Waals surface area contributed by atoms with Crippen molar-refractivity contribution in [3.8, 4) is 11.3 Å². The molecule has 0 saturated heterocycles. The van der Waals surface area contributed by atoms with Crippen molar-refractivity contribution in [1.82, 2.24) is 5.32 Å². The number of hydrogen-bond donors (Lipinski definition) is 2. The van der Waals surface area contributed by atoms with Crippen molar-refractivity contribution in [1.29, 1.82) is 0 Å². The maximum Gasteiger partial charge on any atom is 0.335 e. The maximum absolute atomic E-state index is 11.1. The zero-order valence-electron chi connectivity index (χ0n) is 14.4. The minimum absolute atomic E-state index is 0. The van der Waals surface area contributed by atoms with Crippen LogP contribution in [0.15, 0.2) is 34.7 Å². The van der Waals surface area contributed by atoms with Gasteiger partial charge in [0.15, 0.2) is 0 Å². The standard InChI is InChI=1S/C19H24ClNO3.ClH/c1-2-3-4-5-6-11-21-13-15-8-10-18(24-15)16-12-14(19(22)23)7-9-17(16)20;/h7-10,12,21H,2-6,11,13H2,1H3,(H,22,23);1H/p-1. The first-order chi connectivity index (χ1) is 11.6. The summed E-state index contributed by atoms with van der Waals surface area (Å²) in [5.41, 5.74) is 0.792. The van der Waals surface area contributed by atoms with E-state index in [4.69, 9.17) is 21.1 Å². The predicted octanol–water partition coefficient (Wildman–Crippen LogP) is 2.36. The van der Waals surface area contributed by atoms with Crippen LogP contribution in [0.3, 0.4) is 0 Å². The molecule has 0 aliphatic carbocycles. The monoisotopic (exact) mass is 384 g/mol. The number of aromatic carboxylic acids is 1. The minimum atomic E-state index is -0.982. The molecule has 6 heteroatoms. The Labute approximate surface area is 160 Å². The first-order valence-electron chi connectivity index (χ1n) is 8.44. The van der Waals surface area contributed by atoms with Gasteiger partial charge in [0.1, 0.15) is 11.5 Å². The number of furan rings is 1. The number of halogens is 2. The summed E-state index contributed by atoms with van der Waals surface area (Å²) in [4.78, 5) is 11.1. The molecule has 2 aromatic rings. The fourth-order valence-electron chi connectivity index (χ4n) is 2.53. The zero-order chi connectivity index (χ0) is 17.4. The van der Waals surface area contributed by atoms with E-state index in [1.54, 1.807) is 6.07 Å². The molecule has 0 bridgehead atoms. The summed E-state index contributed by atoms with van der Waals surface area (Å²) in [6.07, 6.45) is 6.27. The predicted molar refractivity (Wildman–Crippen MR) is 96.6 cm³/mol. The van der Waals surface area contributed by atoms with Crippen LogP contribution in [0.2, 0.25) is 5.02 Å². The van der Waals surface area contributed by atoms with Gasteiger partial charge in [0.2, 0.25) is 0 Å². The van der Waals surface area contributed by atoms with Gasteiger partial charge in [0, 0.05) is 5.56 Å². The second kappa shape index (κ2) is 11.2. The van der Waals surface area contributed by atoms with Crippen molar-refractivity contribution in [2.75, 3.05) is 6.54 Å². The molecule has 4 nitrogen and oxygen atoms in total. The van der Waals surface area contributed by atoms with Gasteiger partial charge >= 0.3 is 5.97 Å². The third kappa shape index (κ3) is 6.73. The van der Waals surface area contributed by atoms with Crippen molar-refractivity contribution in [3.05, 3.63) is 46.7 Å². The highest BCUT2D eigenvalue weighted by Crippen LogP contribution is 2.30. The van der Waals surface area contributed by atoms with Crippen LogP contribution < -0.4 is 17.7 Å². The molecular formula is C19H24Cl2NO3-. The lowest BCUT2D eigenvalue weighted by Crippen LogP contribution is -3.00. The Balaban J connectivity index is 0.00000312. The number of rotatable bonds is 10. The van der Waals surface area contributed by atoms with Crippen LogP contribution in [0.5, 0.6) is 0 Å². The molecule has 1 heterocycles. The number of unbranched alkanes of at least 4 members (excludes halogenated alkanes) is 4. The summed E-state index contributed by atoms with van der Waals surface area (Å²) in [5.74, 6) is 0.419. The van der Waals surface area contributed by atoms with Crippen molar-refractivity contribution in [2.24, 2.45) is 0 Å². The van der Waals surface area contributed by atoms with E-state index in [-0.39, 0.29) is 18.0 Å². The summed E-state index contributed by atoms with van der Waals surface area (Å²) in [7, 11) is 0. The highest BCUT2D eigenvalue weighted by atomic mass is 35.5. The molecule has 0 saturated carbocycles. The lowest BCUT2D eigenvalue weighted by Gasteiger charge is -2.04. The molecule has 0 atom stereocenters. The molecule has 1 aromatic heterocycles. The fraction of sp³-hybridized carbons (Fsp3) is 0.421. The van der Waals surface area contributed by atoms with E-state index >= 15 is 0 Å². The highest BCUT2D eigenvalue weighted by Gasteiger charge is 2.12. The summed E-state index contributed by atoms with van der Waals surface area (Å²) in [6.45, 7) is 3.84. The molecule has 0 fully saturated rings. The molecule has 0 amide bonds. The number of carboxylic acid groups (broad SMARTS) is 1. The molecule has 2 N–H and O–H groups in total. The van der Waals surface area contributed by atoms with Crippen molar-refractivity contribution >= 4 is 17.6 Å². The molecule has 0 aliphatic heterocycles. The van der Waals surface area contributed by atoms with Gasteiger partial charge in [-0.05, 0) is 43.3 Å². The summed E-state index contributed by atoms with van der Waals surface area (Å²) >= 11 is 6.16. The Morgan fingerprint density at radius 2 is 1.92 bits per heavy atom. The normalized spacial score (nSPS) is 10.5. The van der Waals surface area contributed by atoms with Crippen LogP contribution in [0.1, 0.15) is 55.1 Å². The van der Waals surface area contributed by atoms with E-state index < -0.39 is 5.97 Å². The fourth-order valence-corrected chi connectivity index (χ4v) is 2.74. The number of nitrogens with one attached hydrogen (secondary N) is 1. The van der Waals surface area contributed by atoms with E-state index in [1.165, 1.54) is 44.2 Å². The molecule has 0 radical (unpaired) electrons. The van der Waals surface area contributed by atoms with Crippen molar-refractivity contribution in [3.63, 3.8) is 0 Å². The zero-order valence-corrected chi connectivity index (χ0v) is 15.9. The lowest BCUT2D eigenvalue weighted by atomic mass is 10.1. The SMILES string of the molecule is CCCCCCCNCc1ccc(-c2cc(C(=O)O)ccc2Cl)o1.[Cl-]. The smallest absolute Gasteiger partial charge is 0.335 e. The third-order valence-corrected chi connectivity index (χ3v) is 4.23.